The second-order valence-corrected chi connectivity index (χ2v) is 65.1. The molecule has 0 saturated carbocycles. The molecule has 2 rings (SSSR count). The van der Waals surface area contributed by atoms with E-state index in [0.717, 1.165) is 15.5 Å². The quantitative estimate of drug-likeness (QED) is 0.176. The zero-order valence-corrected chi connectivity index (χ0v) is 45.6. The molecule has 0 nitrogen and oxygen atoms in total. The molecule has 0 spiro atoms. The van der Waals surface area contributed by atoms with Gasteiger partial charge in [0.1, 0.15) is 0 Å². The molecule has 0 fully saturated rings. The molecule has 2 aromatic rings. The van der Waals surface area contributed by atoms with Crippen LogP contribution in [0.25, 0.3) is 0 Å². The van der Waals surface area contributed by atoms with E-state index in [4.69, 9.17) is 0 Å². The Morgan fingerprint density at radius 3 is 0.915 bits per heavy atom. The second-order valence-electron chi connectivity index (χ2n) is 22.0. The van der Waals surface area contributed by atoms with Gasteiger partial charge in [0.05, 0.1) is 0 Å². The van der Waals surface area contributed by atoms with Crippen LogP contribution in [0.1, 0.15) is 82.8 Å². The van der Waals surface area contributed by atoms with E-state index in [-0.39, 0.29) is 0 Å². The third-order valence-corrected chi connectivity index (χ3v) is 48.5. The first-order valence-electron chi connectivity index (χ1n) is 18.6. The number of hydrogen-bond acceptors (Lipinski definition) is 0. The van der Waals surface area contributed by atoms with Gasteiger partial charge < -0.3 is 0 Å². The standard InChI is InChI=1S/C39H76GeSi6Te/c1-28(2)31-24-23-25-32(29(3)4)35(31)40(47)36-33(38(43(11,12)13)44(14,15)16)26-30(37(41(5,6)7)42(8,9)10)27-34(36)39(45(17,18)19)46(20,21)22/h23-29,37-39H,1-22H3. The van der Waals surface area contributed by atoms with E-state index in [1.165, 1.54) is 0 Å². The molecule has 0 heterocycles. The van der Waals surface area contributed by atoms with Gasteiger partial charge in [-0.3, -0.25) is 0 Å². The molecule has 0 aliphatic heterocycles. The fourth-order valence-electron chi connectivity index (χ4n) is 10.3. The molecule has 47 heavy (non-hydrogen) atoms. The van der Waals surface area contributed by atoms with Crippen LogP contribution in [-0.2, 0) is 0 Å². The summed E-state index contributed by atoms with van der Waals surface area (Å²) in [5.74, 6) is 1.11. The maximum absolute atomic E-state index is 2.94. The average Bonchev–Trinajstić information content (AvgIpc) is 2.77. The zero-order chi connectivity index (χ0) is 37.0. The van der Waals surface area contributed by atoms with Gasteiger partial charge in [0.15, 0.2) is 0 Å². The molecule has 0 aromatic heterocycles. The van der Waals surface area contributed by atoms with Crippen molar-refractivity contribution < 1.29 is 0 Å². The molecule has 266 valence electrons. The Labute approximate surface area is 315 Å². The van der Waals surface area contributed by atoms with Crippen LogP contribution in [0.2, 0.25) is 118 Å². The Kier molecular flexibility index (Phi) is 14.3. The van der Waals surface area contributed by atoms with E-state index in [0.29, 0.717) is 11.8 Å². The summed E-state index contributed by atoms with van der Waals surface area (Å²) in [6.07, 6.45) is 0. The maximum atomic E-state index is 2.94. The molecule has 0 atom stereocenters. The Bertz CT molecular complexity index is 1300. The molecule has 0 radical (unpaired) electrons. The van der Waals surface area contributed by atoms with Crippen molar-refractivity contribution in [1.29, 1.82) is 0 Å². The Hall–Kier alpha value is 1.07. The van der Waals surface area contributed by atoms with Crippen LogP contribution < -0.4 is 8.79 Å². The van der Waals surface area contributed by atoms with E-state index in [1.807, 2.05) is 19.9 Å². The normalized spacial score (nSPS) is 14.4. The first-order chi connectivity index (χ1) is 20.7. The van der Waals surface area contributed by atoms with Crippen molar-refractivity contribution in [2.24, 2.45) is 0 Å². The molecule has 0 amide bonds. The summed E-state index contributed by atoms with van der Waals surface area (Å²) >= 11 is 2.70. The van der Waals surface area contributed by atoms with Gasteiger partial charge >= 0.3 is 318 Å². The minimum atomic E-state index is -2.00. The zero-order valence-electron chi connectivity index (χ0n) is 35.2. The van der Waals surface area contributed by atoms with Crippen molar-refractivity contribution in [3.63, 3.8) is 0 Å². The summed E-state index contributed by atoms with van der Waals surface area (Å²) in [5, 5.41) is 2.29. The van der Waals surface area contributed by atoms with Gasteiger partial charge in [-0.1, -0.05) is 0 Å². The first kappa shape index (κ1) is 44.2. The van der Waals surface area contributed by atoms with Gasteiger partial charge in [0, 0.05) is 0 Å². The van der Waals surface area contributed by atoms with Crippen LogP contribution in [0.15, 0.2) is 30.3 Å². The monoisotopic (exact) mass is 916 g/mol. The summed E-state index contributed by atoms with van der Waals surface area (Å²) in [5.41, 5.74) is 8.83. The van der Waals surface area contributed by atoms with Crippen LogP contribution in [-0.4, -0.2) is 78.3 Å². The van der Waals surface area contributed by atoms with E-state index in [9.17, 15) is 0 Å². The predicted molar refractivity (Wildman–Crippen MR) is 240 cm³/mol. The third-order valence-electron chi connectivity index (χ3n) is 10.2. The molecule has 0 aliphatic carbocycles. The molecule has 0 saturated heterocycles. The van der Waals surface area contributed by atoms with Crippen molar-refractivity contribution >= 4 is 87.1 Å². The second kappa shape index (κ2) is 15.2. The van der Waals surface area contributed by atoms with E-state index >= 15 is 0 Å². The number of hydrogen-bond donors (Lipinski definition) is 0. The Balaban J connectivity index is 3.54. The van der Waals surface area contributed by atoms with Crippen LogP contribution in [0.4, 0.5) is 0 Å². The Morgan fingerprint density at radius 2 is 0.681 bits per heavy atom. The molecule has 0 unspecified atom stereocenters. The summed E-state index contributed by atoms with van der Waals surface area (Å²) in [6, 6.07) is 13.3. The molecule has 0 N–H and O–H groups in total. The molecular formula is C39H76GeSi6Te. The van der Waals surface area contributed by atoms with Crippen molar-refractivity contribution in [2.75, 3.05) is 0 Å². The van der Waals surface area contributed by atoms with Crippen LogP contribution in [0, 0.1) is 0 Å². The summed E-state index contributed by atoms with van der Waals surface area (Å²) in [4.78, 5) is 0. The fraction of sp³-hybridized carbons (Fsp3) is 0.692. The molecule has 0 aliphatic rings. The SMILES string of the molecule is CC(C)c1cccc(C(C)C)[c]1[Ge](=[Te])[c]1c(C([Si](C)(C)C)[Si](C)(C)C)cc(C([Si](C)(C)C)[Si](C)(C)C)cc1C([Si](C)(C)C)[Si](C)(C)C. The van der Waals surface area contributed by atoms with Crippen LogP contribution in [0.5, 0.6) is 0 Å². The van der Waals surface area contributed by atoms with Gasteiger partial charge in [-0.15, -0.1) is 0 Å². The number of rotatable bonds is 13. The van der Waals surface area contributed by atoms with Gasteiger partial charge in [-0.25, -0.2) is 0 Å². The Morgan fingerprint density at radius 1 is 0.426 bits per heavy atom. The third kappa shape index (κ3) is 10.6. The van der Waals surface area contributed by atoms with Gasteiger partial charge in [-0.05, 0) is 0 Å². The molecule has 2 aromatic carbocycles. The molecule has 8 heteroatoms. The van der Waals surface area contributed by atoms with Crippen molar-refractivity contribution in [2.45, 2.75) is 173 Å². The van der Waals surface area contributed by atoms with Crippen molar-refractivity contribution in [3.05, 3.63) is 58.1 Å². The van der Waals surface area contributed by atoms with Gasteiger partial charge in [0.25, 0.3) is 0 Å². The predicted octanol–water partition coefficient (Wildman–Crippen LogP) is 11.7. The molecule has 0 bridgehead atoms. The van der Waals surface area contributed by atoms with Crippen molar-refractivity contribution in [3.8, 4) is 0 Å². The van der Waals surface area contributed by atoms with Crippen molar-refractivity contribution in [1.82, 2.24) is 0 Å². The van der Waals surface area contributed by atoms with E-state index in [1.54, 1.807) is 16.7 Å². The van der Waals surface area contributed by atoms with Gasteiger partial charge in [0.2, 0.25) is 0 Å². The average molecular weight is 914 g/mol. The van der Waals surface area contributed by atoms with E-state index < -0.39 is 59.0 Å². The minimum absolute atomic E-state index is 0.553. The van der Waals surface area contributed by atoms with Crippen LogP contribution >= 0.6 is 0 Å². The topological polar surface area (TPSA) is 0 Å². The van der Waals surface area contributed by atoms with E-state index in [2.05, 4.69) is 195 Å². The van der Waals surface area contributed by atoms with Gasteiger partial charge in [-0.2, -0.15) is 0 Å². The first-order valence-corrected chi connectivity index (χ1v) is 49.1. The fourth-order valence-corrected chi connectivity index (χ4v) is 61.8. The summed E-state index contributed by atoms with van der Waals surface area (Å²) in [7, 11) is -11.3. The molecular weight excluding hydrogens is 837 g/mol. The number of benzene rings is 2. The van der Waals surface area contributed by atoms with Crippen LogP contribution in [0.3, 0.4) is 0 Å². The summed E-state index contributed by atoms with van der Waals surface area (Å²) in [6.45, 7) is 58.5. The summed E-state index contributed by atoms with van der Waals surface area (Å²) < 4.78 is 3.77.